The highest BCUT2D eigenvalue weighted by molar-refractivity contribution is 7.46. The van der Waals surface area contributed by atoms with Gasteiger partial charge in [-0.15, -0.1) is 0 Å². The van der Waals surface area contributed by atoms with Gasteiger partial charge in [-0.05, 0) is 26.7 Å². The Labute approximate surface area is 115 Å². The van der Waals surface area contributed by atoms with Crippen LogP contribution in [-0.2, 0) is 9.30 Å². The van der Waals surface area contributed by atoms with Gasteiger partial charge in [0.2, 0.25) is 0 Å². The van der Waals surface area contributed by atoms with Crippen LogP contribution in [0, 0.1) is 0 Å². The van der Waals surface area contributed by atoms with Crippen molar-refractivity contribution in [3.8, 4) is 0 Å². The first kappa shape index (κ1) is 18.2. The fourth-order valence-electron chi connectivity index (χ4n) is 2.21. The van der Waals surface area contributed by atoms with E-state index in [1.54, 1.807) is 7.11 Å². The minimum absolute atomic E-state index is 0.0342. The van der Waals surface area contributed by atoms with E-state index in [9.17, 15) is 4.57 Å². The van der Waals surface area contributed by atoms with Crippen molar-refractivity contribution in [2.75, 3.05) is 13.3 Å². The lowest BCUT2D eigenvalue weighted by Crippen LogP contribution is -2.30. The molecule has 0 aliphatic carbocycles. The summed E-state index contributed by atoms with van der Waals surface area (Å²) in [4.78, 5) is 0. The molecule has 3 heteroatoms. The highest BCUT2D eigenvalue weighted by Crippen LogP contribution is 2.48. The summed E-state index contributed by atoms with van der Waals surface area (Å²) in [6.45, 7) is 10.7. The molecule has 18 heavy (non-hydrogen) atoms. The number of unbranched alkanes of at least 4 members (excludes halogenated alkanes) is 2. The van der Waals surface area contributed by atoms with Crippen molar-refractivity contribution < 1.29 is 9.30 Å². The van der Waals surface area contributed by atoms with Crippen molar-refractivity contribution in [1.29, 1.82) is 0 Å². The average Bonchev–Trinajstić information content (AvgIpc) is 2.33. The third-order valence-electron chi connectivity index (χ3n) is 3.98. The van der Waals surface area contributed by atoms with E-state index < -0.39 is 7.80 Å². The third kappa shape index (κ3) is 6.38. The monoisotopic (exact) mass is 276 g/mol. The highest BCUT2D eigenvalue weighted by Gasteiger charge is 2.33. The van der Waals surface area contributed by atoms with Gasteiger partial charge < -0.3 is 9.30 Å². The van der Waals surface area contributed by atoms with Crippen LogP contribution in [-0.4, -0.2) is 24.0 Å². The van der Waals surface area contributed by atoms with Crippen LogP contribution in [0.25, 0.3) is 0 Å². The highest BCUT2D eigenvalue weighted by atomic mass is 31.1. The molecule has 0 fully saturated rings. The summed E-state index contributed by atoms with van der Waals surface area (Å²) < 4.78 is 18.2. The molecule has 0 aliphatic rings. The molecular weight excluding hydrogens is 243 g/mol. The molecule has 0 radical (unpaired) electrons. The van der Waals surface area contributed by atoms with Crippen LogP contribution < -0.4 is 0 Å². The Bertz CT molecular complexity index is 241. The van der Waals surface area contributed by atoms with Crippen molar-refractivity contribution in [3.05, 3.63) is 0 Å². The molecule has 0 aromatic carbocycles. The molecule has 1 unspecified atom stereocenters. The summed E-state index contributed by atoms with van der Waals surface area (Å²) in [5, 5.41) is 0.0342. The number of methoxy groups -OCH3 is 1. The standard InChI is InChI=1S/C15H33O2P/c1-7-9-11-15(5,12-10-8-2)18(16)13-14(3,4)17-6/h18H,7-13H2,1-6H3. The molecule has 0 amide bonds. The summed E-state index contributed by atoms with van der Waals surface area (Å²) in [6.07, 6.45) is 7.64. The summed E-state index contributed by atoms with van der Waals surface area (Å²) in [5.74, 6) is 0. The molecule has 0 saturated carbocycles. The fraction of sp³-hybridized carbons (Fsp3) is 1.00. The van der Waals surface area contributed by atoms with Crippen LogP contribution >= 0.6 is 7.80 Å². The average molecular weight is 276 g/mol. The van der Waals surface area contributed by atoms with E-state index in [1.807, 2.05) is 13.8 Å². The summed E-state index contributed by atoms with van der Waals surface area (Å²) in [6, 6.07) is 0. The van der Waals surface area contributed by atoms with Crippen LogP contribution in [0.5, 0.6) is 0 Å². The molecule has 0 N–H and O–H groups in total. The molecule has 1 atom stereocenters. The van der Waals surface area contributed by atoms with Gasteiger partial charge in [-0.2, -0.15) is 0 Å². The second-order valence-corrected chi connectivity index (χ2v) is 8.74. The molecule has 0 aliphatic heterocycles. The summed E-state index contributed by atoms with van der Waals surface area (Å²) in [5.41, 5.74) is -0.254. The van der Waals surface area contributed by atoms with Gasteiger partial charge in [0, 0.05) is 18.4 Å². The molecule has 0 rings (SSSR count). The molecule has 0 spiro atoms. The Kier molecular flexibility index (Phi) is 8.47. The molecule has 2 nitrogen and oxygen atoms in total. The minimum atomic E-state index is -1.62. The van der Waals surface area contributed by atoms with E-state index in [0.29, 0.717) is 6.16 Å². The van der Waals surface area contributed by atoms with Crippen LogP contribution in [0.4, 0.5) is 0 Å². The molecule has 0 aromatic rings. The topological polar surface area (TPSA) is 26.3 Å². The van der Waals surface area contributed by atoms with Gasteiger partial charge in [0.05, 0.1) is 13.4 Å². The van der Waals surface area contributed by atoms with Crippen LogP contribution in [0.15, 0.2) is 0 Å². The Balaban J connectivity index is 4.67. The van der Waals surface area contributed by atoms with E-state index in [1.165, 1.54) is 25.7 Å². The van der Waals surface area contributed by atoms with Crippen molar-refractivity contribution in [2.24, 2.45) is 0 Å². The van der Waals surface area contributed by atoms with Gasteiger partial charge in [-0.25, -0.2) is 0 Å². The Morgan fingerprint density at radius 3 is 1.78 bits per heavy atom. The number of hydrogen-bond donors (Lipinski definition) is 0. The van der Waals surface area contributed by atoms with Gasteiger partial charge in [-0.3, -0.25) is 0 Å². The van der Waals surface area contributed by atoms with E-state index in [-0.39, 0.29) is 10.8 Å². The predicted molar refractivity (Wildman–Crippen MR) is 82.4 cm³/mol. The van der Waals surface area contributed by atoms with E-state index in [2.05, 4.69) is 20.8 Å². The largest absolute Gasteiger partial charge is 0.378 e. The van der Waals surface area contributed by atoms with Crippen LogP contribution in [0.3, 0.4) is 0 Å². The van der Waals surface area contributed by atoms with Gasteiger partial charge in [0.25, 0.3) is 0 Å². The maximum absolute atomic E-state index is 12.8. The smallest absolute Gasteiger partial charge is 0.0845 e. The molecule has 0 bridgehead atoms. The summed E-state index contributed by atoms with van der Waals surface area (Å²) >= 11 is 0. The van der Waals surface area contributed by atoms with Crippen LogP contribution in [0.1, 0.15) is 73.1 Å². The van der Waals surface area contributed by atoms with E-state index in [4.69, 9.17) is 4.74 Å². The zero-order valence-electron chi connectivity index (χ0n) is 13.3. The van der Waals surface area contributed by atoms with Gasteiger partial charge in [0.15, 0.2) is 0 Å². The maximum atomic E-state index is 12.8. The molecule has 0 aromatic heterocycles. The lowest BCUT2D eigenvalue weighted by atomic mass is 9.97. The van der Waals surface area contributed by atoms with E-state index in [0.717, 1.165) is 12.8 Å². The first-order chi connectivity index (χ1) is 8.31. The number of rotatable bonds is 10. The van der Waals surface area contributed by atoms with Crippen molar-refractivity contribution in [2.45, 2.75) is 83.9 Å². The van der Waals surface area contributed by atoms with Gasteiger partial charge in [-0.1, -0.05) is 46.5 Å². The van der Waals surface area contributed by atoms with Crippen LogP contribution in [0.2, 0.25) is 0 Å². The molecule has 0 heterocycles. The first-order valence-electron chi connectivity index (χ1n) is 7.39. The van der Waals surface area contributed by atoms with Gasteiger partial charge >= 0.3 is 0 Å². The minimum Gasteiger partial charge on any atom is -0.378 e. The Morgan fingerprint density at radius 1 is 1.00 bits per heavy atom. The SMILES string of the molecule is CCCCC(C)(CCCC)[PH](=O)CC(C)(C)OC. The van der Waals surface area contributed by atoms with E-state index >= 15 is 0 Å². The van der Waals surface area contributed by atoms with Crippen molar-refractivity contribution in [1.82, 2.24) is 0 Å². The molecular formula is C15H33O2P. The van der Waals surface area contributed by atoms with Crippen molar-refractivity contribution >= 4 is 7.80 Å². The Hall–Kier alpha value is 0.190. The number of hydrogen-bond acceptors (Lipinski definition) is 2. The first-order valence-corrected chi connectivity index (χ1v) is 9.01. The quantitative estimate of drug-likeness (QED) is 0.518. The summed E-state index contributed by atoms with van der Waals surface area (Å²) in [7, 11) is 0.0974. The third-order valence-corrected chi connectivity index (χ3v) is 7.00. The molecule has 0 saturated heterocycles. The zero-order valence-corrected chi connectivity index (χ0v) is 14.3. The fourth-order valence-corrected chi connectivity index (χ4v) is 4.47. The number of ether oxygens (including phenoxy) is 1. The predicted octanol–water partition coefficient (Wildman–Crippen LogP) is 5.11. The second-order valence-electron chi connectivity index (χ2n) is 6.33. The lowest BCUT2D eigenvalue weighted by molar-refractivity contribution is 0.0422. The normalized spacial score (nSPS) is 14.8. The zero-order chi connectivity index (χ0) is 14.2. The lowest BCUT2D eigenvalue weighted by Gasteiger charge is -2.33. The second kappa shape index (κ2) is 8.38. The maximum Gasteiger partial charge on any atom is 0.0845 e. The van der Waals surface area contributed by atoms with Gasteiger partial charge in [0.1, 0.15) is 0 Å². The Morgan fingerprint density at radius 2 is 1.44 bits per heavy atom. The molecule has 110 valence electrons. The van der Waals surface area contributed by atoms with Crippen molar-refractivity contribution in [3.63, 3.8) is 0 Å².